The first-order valence-corrected chi connectivity index (χ1v) is 9.73. The molecular weight excluding hydrogens is 360 g/mol. The number of anilines is 1. The molecular formula is C19H22N6OS. The molecule has 0 aliphatic carbocycles. The van der Waals surface area contributed by atoms with Crippen LogP contribution < -0.4 is 5.32 Å². The van der Waals surface area contributed by atoms with Gasteiger partial charge in [0, 0.05) is 28.1 Å². The summed E-state index contributed by atoms with van der Waals surface area (Å²) < 4.78 is 1.80. The predicted molar refractivity (Wildman–Crippen MR) is 105 cm³/mol. The topological polar surface area (TPSA) is 75.9 Å². The Morgan fingerprint density at radius 2 is 2.15 bits per heavy atom. The third kappa shape index (κ3) is 3.71. The van der Waals surface area contributed by atoms with E-state index < -0.39 is 0 Å². The van der Waals surface area contributed by atoms with Gasteiger partial charge in [-0.05, 0) is 11.4 Å². The number of rotatable bonds is 3. The maximum absolute atomic E-state index is 12.7. The number of carbonyl (C=O) groups is 1. The van der Waals surface area contributed by atoms with Crippen molar-refractivity contribution >= 4 is 23.2 Å². The van der Waals surface area contributed by atoms with Gasteiger partial charge in [0.05, 0.1) is 31.5 Å². The second kappa shape index (κ2) is 6.77. The van der Waals surface area contributed by atoms with Gasteiger partial charge >= 0.3 is 6.03 Å². The van der Waals surface area contributed by atoms with E-state index in [9.17, 15) is 4.79 Å². The van der Waals surface area contributed by atoms with Crippen molar-refractivity contribution in [1.29, 1.82) is 0 Å². The van der Waals surface area contributed by atoms with Crippen molar-refractivity contribution in [2.24, 2.45) is 0 Å². The second-order valence-corrected chi connectivity index (χ2v) is 8.69. The molecule has 3 aromatic heterocycles. The van der Waals surface area contributed by atoms with Crippen LogP contribution in [0.25, 0.3) is 0 Å². The van der Waals surface area contributed by atoms with Crippen LogP contribution in [0.3, 0.4) is 0 Å². The summed E-state index contributed by atoms with van der Waals surface area (Å²) in [5.74, 6) is 1.49. The van der Waals surface area contributed by atoms with Gasteiger partial charge in [-0.1, -0.05) is 26.8 Å². The third-order valence-electron chi connectivity index (χ3n) is 4.45. The highest BCUT2D eigenvalue weighted by Crippen LogP contribution is 2.25. The lowest BCUT2D eigenvalue weighted by Crippen LogP contribution is -2.31. The van der Waals surface area contributed by atoms with Crippen molar-refractivity contribution in [2.75, 3.05) is 5.32 Å². The summed E-state index contributed by atoms with van der Waals surface area (Å²) in [6.07, 6.45) is 3.54. The van der Waals surface area contributed by atoms with E-state index in [0.717, 1.165) is 17.1 Å². The fourth-order valence-corrected chi connectivity index (χ4v) is 3.65. The summed E-state index contributed by atoms with van der Waals surface area (Å²) in [5.41, 5.74) is 1.82. The summed E-state index contributed by atoms with van der Waals surface area (Å²) in [5, 5.41) is 9.32. The molecule has 0 unspecified atom stereocenters. The number of urea groups is 1. The largest absolute Gasteiger partial charge is 0.323 e. The minimum atomic E-state index is -0.154. The quantitative estimate of drug-likeness (QED) is 0.750. The van der Waals surface area contributed by atoms with Gasteiger partial charge in [0.25, 0.3) is 0 Å². The molecule has 0 aromatic carbocycles. The Hall–Kier alpha value is -2.74. The normalized spacial score (nSPS) is 13.7. The van der Waals surface area contributed by atoms with E-state index in [0.29, 0.717) is 25.5 Å². The molecule has 3 aromatic rings. The van der Waals surface area contributed by atoms with Gasteiger partial charge in [0.1, 0.15) is 11.6 Å². The number of hydrogen-bond acceptors (Lipinski definition) is 5. The molecule has 0 saturated carbocycles. The Morgan fingerprint density at radius 3 is 2.89 bits per heavy atom. The van der Waals surface area contributed by atoms with Crippen molar-refractivity contribution in [3.05, 3.63) is 57.9 Å². The zero-order valence-electron chi connectivity index (χ0n) is 15.6. The summed E-state index contributed by atoms with van der Waals surface area (Å²) >= 11 is 1.67. The first-order chi connectivity index (χ1) is 12.9. The number of thiophene rings is 1. The first kappa shape index (κ1) is 17.7. The molecule has 8 heteroatoms. The third-order valence-corrected chi connectivity index (χ3v) is 5.31. The molecule has 0 fully saturated rings. The Kier molecular flexibility index (Phi) is 4.43. The molecule has 140 valence electrons. The van der Waals surface area contributed by atoms with E-state index in [-0.39, 0.29) is 11.4 Å². The SMILES string of the molecule is CC(C)(C)c1ncc2c(n1)CN(C(=O)Nc1ccnn1Cc1cccs1)C2. The lowest BCUT2D eigenvalue weighted by Gasteiger charge is -2.17. The maximum Gasteiger partial charge on any atom is 0.323 e. The van der Waals surface area contributed by atoms with Gasteiger partial charge in [-0.25, -0.2) is 19.4 Å². The number of carbonyl (C=O) groups excluding carboxylic acids is 1. The first-order valence-electron chi connectivity index (χ1n) is 8.85. The zero-order valence-corrected chi connectivity index (χ0v) is 16.5. The zero-order chi connectivity index (χ0) is 19.0. The molecule has 1 N–H and O–H groups in total. The lowest BCUT2D eigenvalue weighted by atomic mass is 9.95. The van der Waals surface area contributed by atoms with Gasteiger partial charge in [0.2, 0.25) is 0 Å². The van der Waals surface area contributed by atoms with Crippen molar-refractivity contribution in [2.45, 2.75) is 45.8 Å². The van der Waals surface area contributed by atoms with E-state index in [4.69, 9.17) is 0 Å². The van der Waals surface area contributed by atoms with Crippen LogP contribution >= 0.6 is 11.3 Å². The summed E-state index contributed by atoms with van der Waals surface area (Å²) in [6.45, 7) is 7.91. The van der Waals surface area contributed by atoms with Crippen molar-refractivity contribution in [3.8, 4) is 0 Å². The Balaban J connectivity index is 1.45. The number of fused-ring (bicyclic) bond motifs is 1. The van der Waals surface area contributed by atoms with Gasteiger partial charge in [-0.3, -0.25) is 5.32 Å². The van der Waals surface area contributed by atoms with Crippen LogP contribution in [-0.2, 0) is 25.0 Å². The number of nitrogens with zero attached hydrogens (tertiary/aromatic N) is 5. The molecule has 1 aliphatic rings. The van der Waals surface area contributed by atoms with E-state index in [1.807, 2.05) is 23.7 Å². The molecule has 27 heavy (non-hydrogen) atoms. The minimum absolute atomic E-state index is 0.112. The molecule has 7 nitrogen and oxygen atoms in total. The molecule has 0 atom stereocenters. The van der Waals surface area contributed by atoms with Gasteiger partial charge in [-0.15, -0.1) is 11.3 Å². The van der Waals surface area contributed by atoms with E-state index in [1.54, 1.807) is 27.1 Å². The van der Waals surface area contributed by atoms with Crippen LogP contribution in [0.4, 0.5) is 10.6 Å². The number of nitrogens with one attached hydrogen (secondary N) is 1. The highest BCUT2D eigenvalue weighted by molar-refractivity contribution is 7.09. The number of hydrogen-bond donors (Lipinski definition) is 1. The van der Waals surface area contributed by atoms with Crippen LogP contribution in [-0.4, -0.2) is 30.7 Å². The summed E-state index contributed by atoms with van der Waals surface area (Å²) in [4.78, 5) is 24.8. The van der Waals surface area contributed by atoms with Crippen LogP contribution in [0.2, 0.25) is 0 Å². The Bertz CT molecular complexity index is 957. The number of amides is 2. The Morgan fingerprint density at radius 1 is 1.30 bits per heavy atom. The average molecular weight is 382 g/mol. The molecule has 0 spiro atoms. The molecule has 0 bridgehead atoms. The highest BCUT2D eigenvalue weighted by Gasteiger charge is 2.28. The molecule has 2 amide bonds. The smallest absolute Gasteiger partial charge is 0.314 e. The van der Waals surface area contributed by atoms with E-state index in [2.05, 4.69) is 47.2 Å². The van der Waals surface area contributed by atoms with Gasteiger partial charge in [-0.2, -0.15) is 5.10 Å². The van der Waals surface area contributed by atoms with Crippen LogP contribution in [0.1, 0.15) is 42.7 Å². The fourth-order valence-electron chi connectivity index (χ4n) is 2.96. The molecule has 4 rings (SSSR count). The van der Waals surface area contributed by atoms with Crippen molar-refractivity contribution in [1.82, 2.24) is 24.6 Å². The monoisotopic (exact) mass is 382 g/mol. The number of aromatic nitrogens is 4. The van der Waals surface area contributed by atoms with E-state index >= 15 is 0 Å². The molecule has 0 saturated heterocycles. The van der Waals surface area contributed by atoms with Crippen LogP contribution in [0.5, 0.6) is 0 Å². The lowest BCUT2D eigenvalue weighted by molar-refractivity contribution is 0.212. The summed E-state index contributed by atoms with van der Waals surface area (Å²) in [6, 6.07) is 5.72. The van der Waals surface area contributed by atoms with E-state index in [1.165, 1.54) is 4.88 Å². The summed E-state index contributed by atoms with van der Waals surface area (Å²) in [7, 11) is 0. The average Bonchev–Trinajstić information content (AvgIpc) is 3.35. The van der Waals surface area contributed by atoms with Crippen molar-refractivity contribution in [3.63, 3.8) is 0 Å². The van der Waals surface area contributed by atoms with Crippen LogP contribution in [0.15, 0.2) is 36.0 Å². The predicted octanol–water partition coefficient (Wildman–Crippen LogP) is 3.63. The fraction of sp³-hybridized carbons (Fsp3) is 0.368. The Labute approximate surface area is 162 Å². The maximum atomic E-state index is 12.7. The minimum Gasteiger partial charge on any atom is -0.314 e. The van der Waals surface area contributed by atoms with Gasteiger partial charge in [0.15, 0.2) is 0 Å². The van der Waals surface area contributed by atoms with Gasteiger partial charge < -0.3 is 4.90 Å². The molecule has 1 aliphatic heterocycles. The molecule has 4 heterocycles. The standard InChI is InChI=1S/C19H22N6OS/c1-19(2,3)17-20-9-13-10-24(12-15(13)22-17)18(26)23-16-6-7-21-25(16)11-14-5-4-8-27-14/h4-9H,10-12H2,1-3H3,(H,23,26). The van der Waals surface area contributed by atoms with Crippen molar-refractivity contribution < 1.29 is 4.79 Å². The van der Waals surface area contributed by atoms with Crippen LogP contribution in [0, 0.1) is 0 Å². The molecule has 0 radical (unpaired) electrons. The second-order valence-electron chi connectivity index (χ2n) is 7.66. The highest BCUT2D eigenvalue weighted by atomic mass is 32.1.